The second kappa shape index (κ2) is 9.76. The minimum atomic E-state index is -1.70. The number of benzene rings is 1. The molecular formula is C21H25N3O10. The number of aliphatic hydroxyl groups is 5. The van der Waals surface area contributed by atoms with Crippen LogP contribution in [0.2, 0.25) is 0 Å². The van der Waals surface area contributed by atoms with E-state index < -0.39 is 73.3 Å². The summed E-state index contributed by atoms with van der Waals surface area (Å²) in [5.41, 5.74) is 4.77. The number of carbonyl (C=O) groups is 1. The number of nitrogen functional groups attached to an aromatic ring is 1. The van der Waals surface area contributed by atoms with Crippen LogP contribution in [0.4, 0.5) is 5.82 Å². The van der Waals surface area contributed by atoms with Crippen molar-refractivity contribution in [3.63, 3.8) is 0 Å². The number of aliphatic hydroxyl groups excluding tert-OH is 5. The SMILES string of the molecule is Nc1ccn([C@@H]2O[C@H](C(OC(=O)c3ccccc3)C3O[C@H](CO)[C@@H](O)[C@H]3O)[C@@H](O)[C@H]2O)c(=O)n1. The van der Waals surface area contributed by atoms with Gasteiger partial charge in [0, 0.05) is 6.20 Å². The molecule has 0 saturated carbocycles. The van der Waals surface area contributed by atoms with E-state index in [1.165, 1.54) is 24.4 Å². The Morgan fingerprint density at radius 1 is 1.03 bits per heavy atom. The minimum absolute atomic E-state index is 0.0630. The van der Waals surface area contributed by atoms with Gasteiger partial charge in [-0.25, -0.2) is 9.59 Å². The summed E-state index contributed by atoms with van der Waals surface area (Å²) < 4.78 is 17.7. The first-order chi connectivity index (χ1) is 16.2. The molecule has 2 unspecified atom stereocenters. The Labute approximate surface area is 192 Å². The molecule has 4 rings (SSSR count). The molecule has 2 aromatic rings. The number of carbonyl (C=O) groups excluding carboxylic acids is 1. The number of esters is 1. The van der Waals surface area contributed by atoms with Gasteiger partial charge in [-0.2, -0.15) is 4.98 Å². The van der Waals surface area contributed by atoms with Gasteiger partial charge >= 0.3 is 11.7 Å². The van der Waals surface area contributed by atoms with Crippen molar-refractivity contribution in [2.45, 2.75) is 55.1 Å². The lowest BCUT2D eigenvalue weighted by molar-refractivity contribution is -0.151. The molecule has 1 aromatic heterocycles. The first-order valence-electron chi connectivity index (χ1n) is 10.5. The number of rotatable bonds is 6. The van der Waals surface area contributed by atoms with Gasteiger partial charge in [-0.05, 0) is 18.2 Å². The van der Waals surface area contributed by atoms with E-state index in [0.29, 0.717) is 0 Å². The molecule has 0 amide bonds. The second-order valence-corrected chi connectivity index (χ2v) is 8.05. The highest BCUT2D eigenvalue weighted by Gasteiger charge is 2.56. The zero-order chi connectivity index (χ0) is 24.6. The monoisotopic (exact) mass is 479 g/mol. The number of nitrogens with zero attached hydrogens (tertiary/aromatic N) is 2. The van der Waals surface area contributed by atoms with Crippen LogP contribution in [0.25, 0.3) is 0 Å². The fourth-order valence-corrected chi connectivity index (χ4v) is 4.09. The molecule has 13 heteroatoms. The Balaban J connectivity index is 1.66. The zero-order valence-electron chi connectivity index (χ0n) is 17.7. The van der Waals surface area contributed by atoms with Crippen molar-refractivity contribution >= 4 is 11.8 Å². The predicted molar refractivity (Wildman–Crippen MR) is 112 cm³/mol. The van der Waals surface area contributed by atoms with E-state index in [1.54, 1.807) is 18.2 Å². The van der Waals surface area contributed by atoms with Gasteiger partial charge in [0.15, 0.2) is 12.3 Å². The molecule has 2 aliphatic rings. The van der Waals surface area contributed by atoms with Gasteiger partial charge in [0.2, 0.25) is 0 Å². The van der Waals surface area contributed by atoms with E-state index in [1.807, 2.05) is 0 Å². The Bertz CT molecular complexity index is 1070. The molecule has 7 N–H and O–H groups in total. The molecule has 13 nitrogen and oxygen atoms in total. The van der Waals surface area contributed by atoms with Crippen molar-refractivity contribution < 1.29 is 44.5 Å². The molecule has 0 aliphatic carbocycles. The molecular weight excluding hydrogens is 454 g/mol. The van der Waals surface area contributed by atoms with Crippen LogP contribution in [0.3, 0.4) is 0 Å². The van der Waals surface area contributed by atoms with Crippen molar-refractivity contribution in [1.82, 2.24) is 9.55 Å². The van der Waals surface area contributed by atoms with Crippen molar-refractivity contribution in [1.29, 1.82) is 0 Å². The molecule has 0 spiro atoms. The molecule has 3 heterocycles. The Morgan fingerprint density at radius 2 is 1.68 bits per heavy atom. The van der Waals surface area contributed by atoms with Crippen molar-refractivity contribution in [2.24, 2.45) is 0 Å². The van der Waals surface area contributed by atoms with Crippen molar-refractivity contribution in [3.05, 3.63) is 58.6 Å². The van der Waals surface area contributed by atoms with Gasteiger partial charge in [0.1, 0.15) is 48.5 Å². The summed E-state index contributed by atoms with van der Waals surface area (Å²) in [5, 5.41) is 51.5. The quantitative estimate of drug-likeness (QED) is 0.232. The molecule has 0 radical (unpaired) electrons. The topological polar surface area (TPSA) is 207 Å². The Hall–Kier alpha value is -2.91. The highest BCUT2D eigenvalue weighted by Crippen LogP contribution is 2.36. The summed E-state index contributed by atoms with van der Waals surface area (Å²) >= 11 is 0. The highest BCUT2D eigenvalue weighted by atomic mass is 16.6. The van der Waals surface area contributed by atoms with Gasteiger partial charge in [-0.1, -0.05) is 18.2 Å². The van der Waals surface area contributed by atoms with Crippen LogP contribution in [-0.4, -0.2) is 96.5 Å². The van der Waals surface area contributed by atoms with Crippen LogP contribution in [0.1, 0.15) is 16.6 Å². The normalized spacial score (nSPS) is 34.1. The number of aromatic nitrogens is 2. The molecule has 184 valence electrons. The van der Waals surface area contributed by atoms with Crippen LogP contribution in [0.5, 0.6) is 0 Å². The van der Waals surface area contributed by atoms with Crippen LogP contribution in [0.15, 0.2) is 47.4 Å². The van der Waals surface area contributed by atoms with E-state index in [4.69, 9.17) is 19.9 Å². The van der Waals surface area contributed by atoms with E-state index in [0.717, 1.165) is 4.57 Å². The van der Waals surface area contributed by atoms with Gasteiger partial charge in [0.25, 0.3) is 0 Å². The van der Waals surface area contributed by atoms with Crippen molar-refractivity contribution in [3.8, 4) is 0 Å². The number of nitrogens with two attached hydrogens (primary N) is 1. The third kappa shape index (κ3) is 4.42. The third-order valence-corrected chi connectivity index (χ3v) is 5.88. The van der Waals surface area contributed by atoms with Crippen molar-refractivity contribution in [2.75, 3.05) is 12.3 Å². The Morgan fingerprint density at radius 3 is 2.29 bits per heavy atom. The largest absolute Gasteiger partial charge is 0.453 e. The summed E-state index contributed by atoms with van der Waals surface area (Å²) in [6.07, 6.45) is -12.4. The maximum atomic E-state index is 12.8. The number of anilines is 1. The van der Waals surface area contributed by atoms with Crippen LogP contribution < -0.4 is 11.4 Å². The highest BCUT2D eigenvalue weighted by molar-refractivity contribution is 5.89. The second-order valence-electron chi connectivity index (χ2n) is 8.05. The van der Waals surface area contributed by atoms with Gasteiger partial charge < -0.3 is 45.5 Å². The average Bonchev–Trinajstić information content (AvgIpc) is 3.28. The molecule has 34 heavy (non-hydrogen) atoms. The fraction of sp³-hybridized carbons (Fsp3) is 0.476. The molecule has 2 saturated heterocycles. The number of ether oxygens (including phenoxy) is 3. The van der Waals surface area contributed by atoms with E-state index >= 15 is 0 Å². The summed E-state index contributed by atoms with van der Waals surface area (Å²) in [6.45, 7) is -0.639. The fourth-order valence-electron chi connectivity index (χ4n) is 4.09. The first kappa shape index (κ1) is 24.2. The molecule has 2 aliphatic heterocycles. The lowest BCUT2D eigenvalue weighted by atomic mass is 9.96. The zero-order valence-corrected chi connectivity index (χ0v) is 17.7. The number of hydrogen-bond acceptors (Lipinski definition) is 12. The summed E-state index contributed by atoms with van der Waals surface area (Å²) in [5.74, 6) is -0.921. The summed E-state index contributed by atoms with van der Waals surface area (Å²) in [7, 11) is 0. The van der Waals surface area contributed by atoms with E-state index in [2.05, 4.69) is 4.98 Å². The van der Waals surface area contributed by atoms with E-state index in [9.17, 15) is 35.1 Å². The van der Waals surface area contributed by atoms with E-state index in [-0.39, 0.29) is 11.4 Å². The predicted octanol–water partition coefficient (Wildman–Crippen LogP) is -2.85. The molecule has 2 fully saturated rings. The van der Waals surface area contributed by atoms with Gasteiger partial charge in [0.05, 0.1) is 12.2 Å². The lowest BCUT2D eigenvalue weighted by Crippen LogP contribution is -2.51. The maximum absolute atomic E-state index is 12.8. The Kier molecular flexibility index (Phi) is 6.95. The maximum Gasteiger partial charge on any atom is 0.351 e. The summed E-state index contributed by atoms with van der Waals surface area (Å²) in [4.78, 5) is 28.6. The first-order valence-corrected chi connectivity index (χ1v) is 10.5. The number of hydrogen-bond donors (Lipinski definition) is 6. The van der Waals surface area contributed by atoms with Gasteiger partial charge in [-0.15, -0.1) is 0 Å². The standard InChI is InChI=1S/C21H25N3O10/c22-11-6-7-24(21(31)23-11)19-15(29)14(28)17(33-19)18(16-13(27)12(26)10(8-25)32-16)34-20(30)9-4-2-1-3-5-9/h1-7,10,12-19,25-29H,8H2,(H2,22,23,31)/t10-,12-,13-,14+,15-,16?,17+,18?,19-/m1/s1. The third-order valence-electron chi connectivity index (χ3n) is 5.88. The molecule has 1 aromatic carbocycles. The average molecular weight is 479 g/mol. The van der Waals surface area contributed by atoms with Crippen LogP contribution in [-0.2, 0) is 14.2 Å². The van der Waals surface area contributed by atoms with Crippen LogP contribution >= 0.6 is 0 Å². The minimum Gasteiger partial charge on any atom is -0.453 e. The van der Waals surface area contributed by atoms with Crippen LogP contribution in [0, 0.1) is 0 Å². The smallest absolute Gasteiger partial charge is 0.351 e. The lowest BCUT2D eigenvalue weighted by Gasteiger charge is -2.31. The molecule has 9 atom stereocenters. The summed E-state index contributed by atoms with van der Waals surface area (Å²) in [6, 6.07) is 9.11. The van der Waals surface area contributed by atoms with Gasteiger partial charge in [-0.3, -0.25) is 4.57 Å². The molecule has 0 bridgehead atoms.